The van der Waals surface area contributed by atoms with Crippen LogP contribution in [0, 0.1) is 5.82 Å². The zero-order valence-corrected chi connectivity index (χ0v) is 9.87. The molecule has 0 spiro atoms. The Morgan fingerprint density at radius 2 is 2.00 bits per heavy atom. The fourth-order valence-corrected chi connectivity index (χ4v) is 1.14. The van der Waals surface area contributed by atoms with Crippen LogP contribution in [0.15, 0.2) is 24.3 Å². The molecule has 0 amide bonds. The van der Waals surface area contributed by atoms with Gasteiger partial charge in [0.1, 0.15) is 23.7 Å². The van der Waals surface area contributed by atoms with Crippen LogP contribution >= 0.6 is 0 Å². The second-order valence-corrected chi connectivity index (χ2v) is 4.16. The fraction of sp³-hybridized carbons (Fsp3) is 0.417. The Morgan fingerprint density at radius 1 is 1.41 bits per heavy atom. The van der Waals surface area contributed by atoms with Crippen molar-refractivity contribution in [1.29, 1.82) is 0 Å². The van der Waals surface area contributed by atoms with Crippen molar-refractivity contribution in [3.8, 4) is 5.75 Å². The standard InChI is InChI=1S/C12H16FNO3/c1-12(2,11(15)16)14-7-8-17-10-5-3-9(13)4-6-10/h3-6,14H,7-8H2,1-2H3,(H,15,16). The Balaban J connectivity index is 2.29. The van der Waals surface area contributed by atoms with Gasteiger partial charge in [-0.25, -0.2) is 4.39 Å². The van der Waals surface area contributed by atoms with Crippen LogP contribution in [0.1, 0.15) is 13.8 Å². The zero-order valence-electron chi connectivity index (χ0n) is 9.87. The molecule has 0 aliphatic heterocycles. The van der Waals surface area contributed by atoms with Crippen LogP contribution in [0.2, 0.25) is 0 Å². The van der Waals surface area contributed by atoms with Gasteiger partial charge < -0.3 is 9.84 Å². The van der Waals surface area contributed by atoms with Crippen LogP contribution in [0.3, 0.4) is 0 Å². The predicted molar refractivity (Wildman–Crippen MR) is 61.6 cm³/mol. The Labute approximate surface area is 99.4 Å². The maximum absolute atomic E-state index is 12.6. The van der Waals surface area contributed by atoms with E-state index < -0.39 is 11.5 Å². The van der Waals surface area contributed by atoms with Crippen LogP contribution < -0.4 is 10.1 Å². The molecule has 1 aromatic carbocycles. The van der Waals surface area contributed by atoms with Crippen LogP contribution in [0.4, 0.5) is 4.39 Å². The average Bonchev–Trinajstić information content (AvgIpc) is 2.26. The van der Waals surface area contributed by atoms with Crippen LogP contribution in [-0.4, -0.2) is 29.8 Å². The summed E-state index contributed by atoms with van der Waals surface area (Å²) in [4.78, 5) is 10.8. The molecule has 0 radical (unpaired) electrons. The third-order valence-corrected chi connectivity index (χ3v) is 2.29. The van der Waals surface area contributed by atoms with E-state index in [1.54, 1.807) is 13.8 Å². The maximum Gasteiger partial charge on any atom is 0.323 e. The minimum atomic E-state index is -0.980. The highest BCUT2D eigenvalue weighted by Gasteiger charge is 2.25. The molecule has 1 rings (SSSR count). The summed E-state index contributed by atoms with van der Waals surface area (Å²) in [5.41, 5.74) is -0.980. The van der Waals surface area contributed by atoms with E-state index in [9.17, 15) is 9.18 Å². The Kier molecular flexibility index (Phi) is 4.45. The van der Waals surface area contributed by atoms with E-state index >= 15 is 0 Å². The Bertz CT molecular complexity index is 376. The number of carboxylic acid groups (broad SMARTS) is 1. The fourth-order valence-electron chi connectivity index (χ4n) is 1.14. The molecule has 94 valence electrons. The lowest BCUT2D eigenvalue weighted by molar-refractivity contribution is -0.143. The number of carbonyl (C=O) groups is 1. The van der Waals surface area contributed by atoms with Crippen molar-refractivity contribution in [1.82, 2.24) is 5.32 Å². The molecule has 0 saturated carbocycles. The van der Waals surface area contributed by atoms with Gasteiger partial charge in [-0.2, -0.15) is 0 Å². The van der Waals surface area contributed by atoms with Crippen molar-refractivity contribution in [3.05, 3.63) is 30.1 Å². The van der Waals surface area contributed by atoms with Gasteiger partial charge in [0, 0.05) is 6.54 Å². The summed E-state index contributed by atoms with van der Waals surface area (Å²) in [6.07, 6.45) is 0. The van der Waals surface area contributed by atoms with Gasteiger partial charge >= 0.3 is 5.97 Å². The number of aliphatic carboxylic acids is 1. The van der Waals surface area contributed by atoms with E-state index in [0.29, 0.717) is 18.9 Å². The van der Waals surface area contributed by atoms with Gasteiger partial charge in [0.15, 0.2) is 0 Å². The molecular formula is C12H16FNO3. The summed E-state index contributed by atoms with van der Waals surface area (Å²) >= 11 is 0. The first-order chi connectivity index (χ1) is 7.92. The van der Waals surface area contributed by atoms with Crippen molar-refractivity contribution in [2.24, 2.45) is 0 Å². The van der Waals surface area contributed by atoms with Crippen molar-refractivity contribution < 1.29 is 19.0 Å². The summed E-state index contributed by atoms with van der Waals surface area (Å²) in [7, 11) is 0. The Hall–Kier alpha value is -1.62. The highest BCUT2D eigenvalue weighted by Crippen LogP contribution is 2.10. The monoisotopic (exact) mass is 241 g/mol. The largest absolute Gasteiger partial charge is 0.492 e. The highest BCUT2D eigenvalue weighted by atomic mass is 19.1. The number of benzene rings is 1. The average molecular weight is 241 g/mol. The topological polar surface area (TPSA) is 58.6 Å². The molecule has 1 aromatic rings. The summed E-state index contributed by atoms with van der Waals surface area (Å²) < 4.78 is 17.9. The molecule has 4 nitrogen and oxygen atoms in total. The van der Waals surface area contributed by atoms with Crippen molar-refractivity contribution in [3.63, 3.8) is 0 Å². The minimum absolute atomic E-state index is 0.317. The van der Waals surface area contributed by atoms with Gasteiger partial charge in [0.2, 0.25) is 0 Å². The smallest absolute Gasteiger partial charge is 0.323 e. The third kappa shape index (κ3) is 4.40. The predicted octanol–water partition coefficient (Wildman–Crippen LogP) is 1.66. The first-order valence-electron chi connectivity index (χ1n) is 5.28. The number of carboxylic acids is 1. The van der Waals surface area contributed by atoms with Gasteiger partial charge in [-0.15, -0.1) is 0 Å². The molecule has 0 saturated heterocycles. The maximum atomic E-state index is 12.6. The van der Waals surface area contributed by atoms with Gasteiger partial charge in [0.05, 0.1) is 0 Å². The summed E-state index contributed by atoms with van der Waals surface area (Å²) in [5.74, 6) is -0.678. The van der Waals surface area contributed by atoms with Crippen LogP contribution in [0.5, 0.6) is 5.75 Å². The lowest BCUT2D eigenvalue weighted by Gasteiger charge is -2.20. The number of hydrogen-bond donors (Lipinski definition) is 2. The molecule has 0 unspecified atom stereocenters. The van der Waals surface area contributed by atoms with Crippen molar-refractivity contribution >= 4 is 5.97 Å². The second-order valence-electron chi connectivity index (χ2n) is 4.16. The molecule has 5 heteroatoms. The van der Waals surface area contributed by atoms with Crippen molar-refractivity contribution in [2.75, 3.05) is 13.2 Å². The van der Waals surface area contributed by atoms with Gasteiger partial charge in [-0.05, 0) is 38.1 Å². The van der Waals surface area contributed by atoms with Crippen LogP contribution in [0.25, 0.3) is 0 Å². The molecule has 0 aliphatic rings. The van der Waals surface area contributed by atoms with Crippen molar-refractivity contribution in [2.45, 2.75) is 19.4 Å². The molecular weight excluding hydrogens is 225 g/mol. The summed E-state index contributed by atoms with van der Waals surface area (Å²) in [5, 5.41) is 11.7. The Morgan fingerprint density at radius 3 is 2.53 bits per heavy atom. The normalized spacial score (nSPS) is 11.2. The molecule has 0 aromatic heterocycles. The molecule has 17 heavy (non-hydrogen) atoms. The number of halogens is 1. The first-order valence-corrected chi connectivity index (χ1v) is 5.28. The molecule has 0 aliphatic carbocycles. The number of hydrogen-bond acceptors (Lipinski definition) is 3. The minimum Gasteiger partial charge on any atom is -0.492 e. The van der Waals surface area contributed by atoms with Gasteiger partial charge in [-0.3, -0.25) is 10.1 Å². The zero-order chi connectivity index (χ0) is 12.9. The highest BCUT2D eigenvalue weighted by molar-refractivity contribution is 5.77. The molecule has 2 N–H and O–H groups in total. The van der Waals surface area contributed by atoms with Gasteiger partial charge in [0.25, 0.3) is 0 Å². The van der Waals surface area contributed by atoms with E-state index in [1.165, 1.54) is 24.3 Å². The molecule has 0 fully saturated rings. The first kappa shape index (κ1) is 13.4. The number of rotatable bonds is 6. The summed E-state index contributed by atoms with van der Waals surface area (Å²) in [6, 6.07) is 5.67. The number of nitrogens with one attached hydrogen (secondary N) is 1. The van der Waals surface area contributed by atoms with Crippen LogP contribution in [-0.2, 0) is 4.79 Å². The second kappa shape index (κ2) is 5.63. The third-order valence-electron chi connectivity index (χ3n) is 2.29. The van der Waals surface area contributed by atoms with E-state index in [0.717, 1.165) is 0 Å². The van der Waals surface area contributed by atoms with E-state index in [4.69, 9.17) is 9.84 Å². The molecule has 0 bridgehead atoms. The summed E-state index contributed by atoms with van der Waals surface area (Å²) in [6.45, 7) is 3.87. The lowest BCUT2D eigenvalue weighted by Crippen LogP contribution is -2.48. The SMILES string of the molecule is CC(C)(NCCOc1ccc(F)cc1)C(=O)O. The van der Waals surface area contributed by atoms with E-state index in [2.05, 4.69) is 5.32 Å². The lowest BCUT2D eigenvalue weighted by atomic mass is 10.1. The van der Waals surface area contributed by atoms with E-state index in [-0.39, 0.29) is 5.82 Å². The van der Waals surface area contributed by atoms with E-state index in [1.807, 2.05) is 0 Å². The quantitative estimate of drug-likeness (QED) is 0.744. The molecule has 0 heterocycles. The molecule has 0 atom stereocenters. The van der Waals surface area contributed by atoms with Gasteiger partial charge in [-0.1, -0.05) is 0 Å². The number of ether oxygens (including phenoxy) is 1.